The number of hydrogen-bond acceptors (Lipinski definition) is 8. The van der Waals surface area contributed by atoms with Crippen LogP contribution in [0.2, 0.25) is 0 Å². The molecule has 6 saturated carbocycles. The van der Waals surface area contributed by atoms with E-state index in [1.165, 1.54) is 267 Å². The summed E-state index contributed by atoms with van der Waals surface area (Å²) < 4.78 is 24.3. The Hall–Kier alpha value is -2.28. The molecule has 6 rings (SSSR count). The highest BCUT2D eigenvalue weighted by Crippen LogP contribution is 2.51. The van der Waals surface area contributed by atoms with Gasteiger partial charge in [-0.2, -0.15) is 0 Å². The molecule has 12 heteroatoms. The second-order valence-corrected chi connectivity index (χ2v) is 44.1. The summed E-state index contributed by atoms with van der Waals surface area (Å²) in [4.78, 5) is 53.7. The van der Waals surface area contributed by atoms with Gasteiger partial charge in [0.15, 0.2) is 0 Å². The van der Waals surface area contributed by atoms with Crippen molar-refractivity contribution in [3.05, 3.63) is 0 Å². The quantitative estimate of drug-likeness (QED) is 0.0268. The van der Waals surface area contributed by atoms with Gasteiger partial charge in [0, 0.05) is 38.5 Å². The number of esters is 4. The van der Waals surface area contributed by atoms with Crippen molar-refractivity contribution in [1.29, 1.82) is 0 Å². The molecule has 22 unspecified atom stereocenters. The highest BCUT2D eigenvalue weighted by molar-refractivity contribution is 5.70. The highest BCUT2D eigenvalue weighted by atomic mass is 16.5. The molecule has 0 aromatic carbocycles. The van der Waals surface area contributed by atoms with Gasteiger partial charge in [0.25, 0.3) is 0 Å². The molecule has 0 aromatic rings. The molecule has 0 saturated heterocycles. The van der Waals surface area contributed by atoms with Gasteiger partial charge in [-0.05, 0) is 233 Å². The fourth-order valence-electron chi connectivity index (χ4n) is 23.0. The lowest BCUT2D eigenvalue weighted by molar-refractivity contribution is -0.870. The van der Waals surface area contributed by atoms with Crippen LogP contribution in [0.5, 0.6) is 0 Å². The van der Waals surface area contributed by atoms with Crippen LogP contribution in [0.3, 0.4) is 0 Å². The minimum absolute atomic E-state index is 0.0173. The van der Waals surface area contributed by atoms with Gasteiger partial charge in [0.1, 0.15) is 26.3 Å². The Kier molecular flexibility index (Phi) is 47.0. The van der Waals surface area contributed by atoms with Gasteiger partial charge in [0.2, 0.25) is 0 Å². The number of likely N-dealkylation sites (N-methyl/N-ethyl adjacent to an activating group) is 2. The van der Waals surface area contributed by atoms with Gasteiger partial charge >= 0.3 is 23.9 Å². The molecule has 2 N–H and O–H groups in total. The number of ether oxygens (including phenoxy) is 4. The largest absolute Gasteiger partial charge is 0.465 e. The Labute approximate surface area is 693 Å². The van der Waals surface area contributed by atoms with Crippen molar-refractivity contribution < 1.29 is 56.9 Å². The van der Waals surface area contributed by atoms with Crippen LogP contribution in [0.15, 0.2) is 0 Å². The molecular weight excluding hydrogens is 1390 g/mol. The second kappa shape index (κ2) is 53.4. The molecular formula is C100H190N4O8+4. The fraction of sp³-hybridized carbons (Fsp3) is 0.960. The molecule has 0 spiro atoms. The van der Waals surface area contributed by atoms with E-state index in [1.54, 1.807) is 0 Å². The second-order valence-electron chi connectivity index (χ2n) is 44.1. The number of rotatable bonds is 61. The van der Waals surface area contributed by atoms with Crippen molar-refractivity contribution in [2.24, 2.45) is 130 Å². The maximum absolute atomic E-state index is 12.9. The van der Waals surface area contributed by atoms with E-state index < -0.39 is 0 Å². The van der Waals surface area contributed by atoms with Crippen LogP contribution in [-0.2, 0) is 38.1 Å². The third-order valence-electron chi connectivity index (χ3n) is 31.1. The van der Waals surface area contributed by atoms with E-state index in [2.05, 4.69) is 126 Å². The van der Waals surface area contributed by atoms with Crippen LogP contribution < -0.4 is 9.80 Å². The SMILES string of the molecule is CC(CCCC(C)C1CCC(CCCC(C)CC(=O)OCC[N+](C)(C)C)C1)CCC(CCCC(C)C1CCC(C2CCC(CC(=O)OCCC[NH+](C)C)C2)C1)CCC(CCCC(C)C1CCC(C2CCC(CC(=O)OCCC[NH+](C)C)C2)C1)CCC(C)CCCC(C)C1CCC(CCCC(C)CC(=O)OCC[N+](C)(C)C)C1. The maximum Gasteiger partial charge on any atom is 0.306 e. The standard InChI is InChI=1S/C100H188N4O8/c1-75(27-19-31-79(5)89-49-45-85(67-89)37-21-29-77(3)65-97(105)111-63-59-103(13,14)15)39-41-83(35-23-33-81(7)91-53-55-95(73-91)93-51-47-87(69-93)71-99(107)109-61-25-57-101(9)10)43-44-84(36-24-34-82(8)92-54-56-96(74-92)94-52-48-88(70-94)72-100(108)110-62-26-58-102(11)12)42-40-76(2)28-20-32-80(6)90-50-46-86(68-90)38-22-30-78(4)66-98(106)112-64-60-104(16,17)18/h75-96H,19-74H2,1-18H3/q+2/p+2. The summed E-state index contributed by atoms with van der Waals surface area (Å²) in [5.41, 5.74) is 0. The highest BCUT2D eigenvalue weighted by Gasteiger charge is 2.40. The van der Waals surface area contributed by atoms with Crippen LogP contribution >= 0.6 is 0 Å². The third-order valence-corrected chi connectivity index (χ3v) is 31.1. The van der Waals surface area contributed by atoms with Crippen LogP contribution in [-0.4, -0.2) is 156 Å². The topological polar surface area (TPSA) is 114 Å². The number of nitrogens with one attached hydrogen (secondary N) is 2. The molecule has 6 fully saturated rings. The van der Waals surface area contributed by atoms with E-state index in [1.807, 2.05) is 0 Å². The van der Waals surface area contributed by atoms with E-state index in [0.29, 0.717) is 75.8 Å². The Bertz CT molecular complexity index is 2340. The summed E-state index contributed by atoms with van der Waals surface area (Å²) in [5.74, 6) is 17.1. The Morgan fingerprint density at radius 3 is 0.973 bits per heavy atom. The van der Waals surface area contributed by atoms with Gasteiger partial charge in [-0.1, -0.05) is 222 Å². The lowest BCUT2D eigenvalue weighted by atomic mass is 9.79. The number of hydrogen-bond donors (Lipinski definition) is 2. The predicted molar refractivity (Wildman–Crippen MR) is 469 cm³/mol. The minimum atomic E-state index is -0.0173. The molecule has 0 aliphatic heterocycles. The van der Waals surface area contributed by atoms with Crippen molar-refractivity contribution in [3.63, 3.8) is 0 Å². The summed E-state index contributed by atoms with van der Waals surface area (Å²) in [7, 11) is 21.5. The first-order valence-electron chi connectivity index (χ1n) is 49.1. The van der Waals surface area contributed by atoms with Crippen LogP contribution in [0.4, 0.5) is 0 Å². The molecule has 0 heterocycles. The van der Waals surface area contributed by atoms with Crippen molar-refractivity contribution in [1.82, 2.24) is 0 Å². The molecule has 0 radical (unpaired) electrons. The molecule has 654 valence electrons. The van der Waals surface area contributed by atoms with Crippen LogP contribution in [0.1, 0.15) is 364 Å². The van der Waals surface area contributed by atoms with E-state index in [9.17, 15) is 19.2 Å². The zero-order valence-corrected chi connectivity index (χ0v) is 77.5. The average molecular weight is 1580 g/mol. The monoisotopic (exact) mass is 1580 g/mol. The first-order valence-corrected chi connectivity index (χ1v) is 49.1. The lowest BCUT2D eigenvalue weighted by Gasteiger charge is -2.26. The number of carbonyl (C=O) groups is 4. The number of quaternary nitrogens is 4. The van der Waals surface area contributed by atoms with Gasteiger partial charge in [-0.15, -0.1) is 0 Å². The van der Waals surface area contributed by atoms with Crippen LogP contribution in [0.25, 0.3) is 0 Å². The summed E-state index contributed by atoms with van der Waals surface area (Å²) >= 11 is 0. The predicted octanol–water partition coefficient (Wildman–Crippen LogP) is 21.4. The van der Waals surface area contributed by atoms with Gasteiger partial charge in [-0.25, -0.2) is 0 Å². The lowest BCUT2D eigenvalue weighted by Crippen LogP contribution is -3.05. The number of nitrogens with zero attached hydrogens (tertiary/aromatic N) is 2. The molecule has 0 aromatic heterocycles. The Morgan fingerprint density at radius 1 is 0.304 bits per heavy atom. The Morgan fingerprint density at radius 2 is 0.607 bits per heavy atom. The summed E-state index contributed by atoms with van der Waals surface area (Å²) in [6.45, 7) is 26.2. The van der Waals surface area contributed by atoms with E-state index in [0.717, 1.165) is 167 Å². The maximum atomic E-state index is 12.9. The summed E-state index contributed by atoms with van der Waals surface area (Å²) in [5, 5.41) is 0. The molecule has 22 atom stereocenters. The van der Waals surface area contributed by atoms with Crippen molar-refractivity contribution in [2.45, 2.75) is 364 Å². The van der Waals surface area contributed by atoms with Gasteiger partial charge < -0.3 is 37.7 Å². The summed E-state index contributed by atoms with van der Waals surface area (Å²) in [6, 6.07) is 0. The normalized spacial score (nSPS) is 27.1. The first-order chi connectivity index (χ1) is 53.3. The molecule has 6 aliphatic rings. The average Bonchev–Trinajstić information content (AvgIpc) is 1.70. The van der Waals surface area contributed by atoms with Crippen molar-refractivity contribution in [2.75, 3.05) is 123 Å². The molecule has 112 heavy (non-hydrogen) atoms. The third kappa shape index (κ3) is 42.1. The van der Waals surface area contributed by atoms with Crippen molar-refractivity contribution in [3.8, 4) is 0 Å². The smallest absolute Gasteiger partial charge is 0.306 e. The van der Waals surface area contributed by atoms with Gasteiger partial charge in [0.05, 0.1) is 96.8 Å². The molecule has 0 amide bonds. The number of carbonyl (C=O) groups excluding carboxylic acids is 4. The van der Waals surface area contributed by atoms with Crippen LogP contribution in [0, 0.1) is 130 Å². The molecule has 0 bridgehead atoms. The van der Waals surface area contributed by atoms with E-state index in [-0.39, 0.29) is 23.9 Å². The molecule has 12 nitrogen and oxygen atoms in total. The van der Waals surface area contributed by atoms with Gasteiger partial charge in [-0.3, -0.25) is 19.2 Å². The minimum Gasteiger partial charge on any atom is -0.465 e. The van der Waals surface area contributed by atoms with Crippen molar-refractivity contribution >= 4 is 23.9 Å². The molecule has 6 aliphatic carbocycles. The summed E-state index contributed by atoms with van der Waals surface area (Å²) in [6.07, 6.45) is 61.6. The van der Waals surface area contributed by atoms with E-state index in [4.69, 9.17) is 18.9 Å². The zero-order valence-electron chi connectivity index (χ0n) is 77.5. The first kappa shape index (κ1) is 98.5. The van der Waals surface area contributed by atoms with E-state index >= 15 is 0 Å². The fourth-order valence-corrected chi connectivity index (χ4v) is 23.0. The Balaban J connectivity index is 1.01. The zero-order chi connectivity index (χ0) is 81.6.